The molecule has 2 aromatic heterocycles. The maximum absolute atomic E-state index is 4.28. The predicted octanol–water partition coefficient (Wildman–Crippen LogP) is 5.30. The average Bonchev–Trinajstić information content (AvgIpc) is 3.35. The largest absolute Gasteiger partial charge is 0.383 e. The van der Waals surface area contributed by atoms with E-state index in [9.17, 15) is 0 Å². The maximum atomic E-state index is 4.28. The minimum atomic E-state index is 0.813. The maximum Gasteiger partial charge on any atom is 0.0582 e. The Morgan fingerprint density at radius 2 is 1.70 bits per heavy atom. The van der Waals surface area contributed by atoms with Crippen molar-refractivity contribution in [3.05, 3.63) is 85.2 Å². The van der Waals surface area contributed by atoms with Crippen molar-refractivity contribution in [3.8, 4) is 11.1 Å². The summed E-state index contributed by atoms with van der Waals surface area (Å²) in [5.41, 5.74) is 5.88. The monoisotopic (exact) mass is 352 g/mol. The first-order valence-corrected chi connectivity index (χ1v) is 9.20. The lowest BCUT2D eigenvalue weighted by atomic mass is 10.0. The Hall–Kier alpha value is -3.53. The van der Waals surface area contributed by atoms with Gasteiger partial charge in [0.05, 0.1) is 6.54 Å². The van der Waals surface area contributed by atoms with E-state index in [0.29, 0.717) is 0 Å². The van der Waals surface area contributed by atoms with Gasteiger partial charge in [0, 0.05) is 52.0 Å². The molecule has 0 saturated heterocycles. The van der Waals surface area contributed by atoms with Crippen molar-refractivity contribution in [2.24, 2.45) is 0 Å². The van der Waals surface area contributed by atoms with E-state index >= 15 is 0 Å². The Balaban J connectivity index is 1.59. The third-order valence-electron chi connectivity index (χ3n) is 4.94. The lowest BCUT2D eigenvalue weighted by Gasteiger charge is -2.13. The van der Waals surface area contributed by atoms with Crippen molar-refractivity contribution < 1.29 is 0 Å². The molecule has 0 spiro atoms. The van der Waals surface area contributed by atoms with Gasteiger partial charge in [0.1, 0.15) is 0 Å². The molecule has 27 heavy (non-hydrogen) atoms. The Bertz CT molecular complexity index is 1190. The van der Waals surface area contributed by atoms with Crippen LogP contribution in [0.2, 0.25) is 0 Å². The van der Waals surface area contributed by atoms with Gasteiger partial charge >= 0.3 is 0 Å². The second kappa shape index (κ2) is 6.65. The summed E-state index contributed by atoms with van der Waals surface area (Å²) in [5.74, 6) is 0. The van der Waals surface area contributed by atoms with Crippen molar-refractivity contribution >= 4 is 27.5 Å². The minimum absolute atomic E-state index is 0.813. The number of H-pyrrole nitrogens is 1. The molecule has 5 aromatic rings. The van der Waals surface area contributed by atoms with Gasteiger partial charge in [-0.1, -0.05) is 48.5 Å². The second-order valence-electron chi connectivity index (χ2n) is 6.68. The van der Waals surface area contributed by atoms with Gasteiger partial charge < -0.3 is 10.3 Å². The number of aromatic amines is 1. The van der Waals surface area contributed by atoms with E-state index in [1.165, 1.54) is 27.4 Å². The van der Waals surface area contributed by atoms with Crippen molar-refractivity contribution in [2.75, 3.05) is 11.9 Å². The zero-order valence-electron chi connectivity index (χ0n) is 14.9. The molecule has 4 nitrogen and oxygen atoms in total. The van der Waals surface area contributed by atoms with Crippen LogP contribution in [0.3, 0.4) is 0 Å². The van der Waals surface area contributed by atoms with Gasteiger partial charge in [-0.15, -0.1) is 0 Å². The quantitative estimate of drug-likeness (QED) is 0.451. The van der Waals surface area contributed by atoms with E-state index in [-0.39, 0.29) is 0 Å². The summed E-state index contributed by atoms with van der Waals surface area (Å²) < 4.78 is 1.94. The number of nitrogens with one attached hydrogen (secondary N) is 2. The highest BCUT2D eigenvalue weighted by atomic mass is 15.3. The number of aromatic nitrogens is 3. The predicted molar refractivity (Wildman–Crippen MR) is 112 cm³/mol. The Morgan fingerprint density at radius 3 is 2.56 bits per heavy atom. The number of para-hydroxylation sites is 1. The van der Waals surface area contributed by atoms with Gasteiger partial charge in [0.15, 0.2) is 0 Å². The normalized spacial score (nSPS) is 11.3. The number of rotatable bonds is 5. The van der Waals surface area contributed by atoms with Crippen LogP contribution in [0.1, 0.15) is 0 Å². The molecule has 0 bridgehead atoms. The molecule has 0 radical (unpaired) electrons. The zero-order valence-corrected chi connectivity index (χ0v) is 14.9. The molecule has 4 heteroatoms. The molecule has 2 N–H and O–H groups in total. The molecular formula is C23H20N4. The van der Waals surface area contributed by atoms with E-state index in [0.717, 1.165) is 24.3 Å². The van der Waals surface area contributed by atoms with Crippen LogP contribution in [0.4, 0.5) is 5.69 Å². The van der Waals surface area contributed by atoms with Crippen molar-refractivity contribution in [3.63, 3.8) is 0 Å². The van der Waals surface area contributed by atoms with Crippen molar-refractivity contribution in [1.29, 1.82) is 0 Å². The third-order valence-corrected chi connectivity index (χ3v) is 4.94. The van der Waals surface area contributed by atoms with Crippen LogP contribution in [-0.4, -0.2) is 21.3 Å². The van der Waals surface area contributed by atoms with E-state index < -0.39 is 0 Å². The number of nitrogens with zero attached hydrogens (tertiary/aromatic N) is 2. The summed E-state index contributed by atoms with van der Waals surface area (Å²) in [6.45, 7) is 1.64. The smallest absolute Gasteiger partial charge is 0.0582 e. The molecule has 0 fully saturated rings. The molecule has 2 heterocycles. The summed E-state index contributed by atoms with van der Waals surface area (Å²) >= 11 is 0. The fourth-order valence-corrected chi connectivity index (χ4v) is 3.64. The minimum Gasteiger partial charge on any atom is -0.383 e. The molecule has 0 aliphatic heterocycles. The fourth-order valence-electron chi connectivity index (χ4n) is 3.64. The third kappa shape index (κ3) is 2.95. The molecule has 0 unspecified atom stereocenters. The molecular weight excluding hydrogens is 332 g/mol. The Kier molecular flexibility index (Phi) is 3.87. The van der Waals surface area contributed by atoms with Gasteiger partial charge in [0.2, 0.25) is 0 Å². The summed E-state index contributed by atoms with van der Waals surface area (Å²) in [4.78, 5) is 3.54. The molecule has 0 aliphatic rings. The number of hydrogen-bond donors (Lipinski definition) is 2. The first-order chi connectivity index (χ1) is 13.4. The van der Waals surface area contributed by atoms with Crippen LogP contribution in [0.15, 0.2) is 85.2 Å². The van der Waals surface area contributed by atoms with Gasteiger partial charge in [-0.25, -0.2) is 0 Å². The number of hydrogen-bond acceptors (Lipinski definition) is 2. The highest BCUT2D eigenvalue weighted by molar-refractivity contribution is 6.10. The number of benzene rings is 3. The van der Waals surface area contributed by atoms with Crippen molar-refractivity contribution in [1.82, 2.24) is 14.8 Å². The van der Waals surface area contributed by atoms with E-state index in [4.69, 9.17) is 0 Å². The lowest BCUT2D eigenvalue weighted by Crippen LogP contribution is -2.11. The Morgan fingerprint density at radius 1 is 0.852 bits per heavy atom. The lowest BCUT2D eigenvalue weighted by molar-refractivity contribution is 0.638. The van der Waals surface area contributed by atoms with Gasteiger partial charge in [-0.05, 0) is 29.8 Å². The van der Waals surface area contributed by atoms with Gasteiger partial charge in [0.25, 0.3) is 0 Å². The summed E-state index contributed by atoms with van der Waals surface area (Å²) in [6.07, 6.45) is 3.80. The zero-order chi connectivity index (χ0) is 18.1. The summed E-state index contributed by atoms with van der Waals surface area (Å²) in [7, 11) is 0. The topological polar surface area (TPSA) is 45.6 Å². The van der Waals surface area contributed by atoms with Crippen LogP contribution in [0.5, 0.6) is 0 Å². The molecule has 0 atom stereocenters. The standard InChI is InChI=1S/C23H20N4/c1-2-7-17(8-3-1)19-15-20-18-9-4-5-10-21(18)26-23(20)16-22(19)24-12-14-27-13-6-11-25-27/h1-11,13,15-16,24,26H,12,14H2. The molecule has 0 saturated carbocycles. The Labute approximate surface area is 157 Å². The first-order valence-electron chi connectivity index (χ1n) is 9.20. The van der Waals surface area contributed by atoms with Crippen LogP contribution in [-0.2, 0) is 6.54 Å². The average molecular weight is 352 g/mol. The second-order valence-corrected chi connectivity index (χ2v) is 6.68. The molecule has 0 aliphatic carbocycles. The highest BCUT2D eigenvalue weighted by Gasteiger charge is 2.11. The van der Waals surface area contributed by atoms with Crippen LogP contribution in [0.25, 0.3) is 32.9 Å². The van der Waals surface area contributed by atoms with Crippen LogP contribution in [0, 0.1) is 0 Å². The first kappa shape index (κ1) is 15.7. The molecule has 0 amide bonds. The summed E-state index contributed by atoms with van der Waals surface area (Å²) in [5, 5.41) is 10.4. The van der Waals surface area contributed by atoms with E-state index in [2.05, 4.69) is 82.1 Å². The molecule has 132 valence electrons. The SMILES string of the molecule is c1ccc(-c2cc3c(cc2NCCn2cccn2)[nH]c2ccccc23)cc1. The van der Waals surface area contributed by atoms with Crippen LogP contribution < -0.4 is 5.32 Å². The van der Waals surface area contributed by atoms with Gasteiger partial charge in [-0.2, -0.15) is 5.10 Å². The van der Waals surface area contributed by atoms with Crippen molar-refractivity contribution in [2.45, 2.75) is 6.54 Å². The van der Waals surface area contributed by atoms with Gasteiger partial charge in [-0.3, -0.25) is 4.68 Å². The van der Waals surface area contributed by atoms with E-state index in [1.807, 2.05) is 23.1 Å². The van der Waals surface area contributed by atoms with Crippen LogP contribution >= 0.6 is 0 Å². The molecule has 5 rings (SSSR count). The summed E-state index contributed by atoms with van der Waals surface area (Å²) in [6, 6.07) is 25.5. The number of anilines is 1. The highest BCUT2D eigenvalue weighted by Crippen LogP contribution is 2.35. The molecule has 3 aromatic carbocycles. The fraction of sp³-hybridized carbons (Fsp3) is 0.0870. The van der Waals surface area contributed by atoms with E-state index in [1.54, 1.807) is 0 Å². The number of fused-ring (bicyclic) bond motifs is 3.